The van der Waals surface area contributed by atoms with Gasteiger partial charge < -0.3 is 5.73 Å². The summed E-state index contributed by atoms with van der Waals surface area (Å²) in [4.78, 5) is 8.07. The number of guanidine groups is 1. The second-order valence-corrected chi connectivity index (χ2v) is 7.24. The molecule has 0 bridgehead atoms. The first-order valence-electron chi connectivity index (χ1n) is 5.30. The summed E-state index contributed by atoms with van der Waals surface area (Å²) in [5, 5.41) is 0. The van der Waals surface area contributed by atoms with Gasteiger partial charge in [0.15, 0.2) is 0 Å². The molecule has 1 aliphatic heterocycles. The van der Waals surface area contributed by atoms with E-state index in [1.165, 1.54) is 26.1 Å². The van der Waals surface area contributed by atoms with E-state index in [2.05, 4.69) is 25.9 Å². The highest BCUT2D eigenvalue weighted by Gasteiger charge is 2.42. The van der Waals surface area contributed by atoms with Crippen LogP contribution in [0.15, 0.2) is 21.7 Å². The second kappa shape index (κ2) is 4.41. The van der Waals surface area contributed by atoms with E-state index in [4.69, 9.17) is 5.73 Å². The first-order valence-corrected chi connectivity index (χ1v) is 7.70. The summed E-state index contributed by atoms with van der Waals surface area (Å²) < 4.78 is 39.1. The summed E-state index contributed by atoms with van der Waals surface area (Å²) in [6.07, 6.45) is 0. The zero-order valence-corrected chi connectivity index (χ0v) is 12.7. The second-order valence-electron chi connectivity index (χ2n) is 4.43. The molecule has 0 radical (unpaired) electrons. The lowest BCUT2D eigenvalue weighted by molar-refractivity contribution is 0.445. The fraction of sp³-hybridized carbons (Fsp3) is 0.400. The highest BCUT2D eigenvalue weighted by atomic mass is 79.9. The molecule has 9 heteroatoms. The van der Waals surface area contributed by atoms with E-state index in [1.54, 1.807) is 0 Å². The fourth-order valence-corrected chi connectivity index (χ4v) is 3.61. The van der Waals surface area contributed by atoms with Gasteiger partial charge in [-0.1, -0.05) is 0 Å². The Kier molecular flexibility index (Phi) is 3.29. The van der Waals surface area contributed by atoms with Crippen molar-refractivity contribution >= 4 is 31.9 Å². The topological polar surface area (TPSA) is 88.7 Å². The van der Waals surface area contributed by atoms with Crippen molar-refractivity contribution in [2.24, 2.45) is 10.7 Å². The summed E-state index contributed by atoms with van der Waals surface area (Å²) in [6, 6.07) is 2.63. The summed E-state index contributed by atoms with van der Waals surface area (Å²) in [5.74, 6) is -1.20. The van der Waals surface area contributed by atoms with Crippen LogP contribution in [0.4, 0.5) is 4.39 Å². The lowest BCUT2D eigenvalue weighted by Crippen LogP contribution is -2.50. The highest BCUT2D eigenvalue weighted by molar-refractivity contribution is 9.10. The van der Waals surface area contributed by atoms with Crippen LogP contribution in [0.25, 0.3) is 0 Å². The predicted octanol–water partition coefficient (Wildman–Crippen LogP) is 0.788. The number of sulfonamides is 1. The van der Waals surface area contributed by atoms with Crippen LogP contribution in [-0.4, -0.2) is 36.5 Å². The van der Waals surface area contributed by atoms with Gasteiger partial charge in [0.25, 0.3) is 0 Å². The van der Waals surface area contributed by atoms with Gasteiger partial charge in [-0.15, -0.1) is 0 Å². The maximum atomic E-state index is 13.9. The average molecular weight is 351 g/mol. The quantitative estimate of drug-likeness (QED) is 0.758. The minimum atomic E-state index is -3.64. The molecule has 1 aromatic rings. The van der Waals surface area contributed by atoms with E-state index >= 15 is 0 Å². The fourth-order valence-electron chi connectivity index (χ4n) is 1.87. The van der Waals surface area contributed by atoms with Crippen molar-refractivity contribution in [3.8, 4) is 0 Å². The molecule has 2 heterocycles. The molecule has 0 amide bonds. The summed E-state index contributed by atoms with van der Waals surface area (Å²) in [5.41, 5.74) is 4.19. The number of nitrogens with zero attached hydrogens (tertiary/aromatic N) is 3. The van der Waals surface area contributed by atoms with Crippen LogP contribution in [0.3, 0.4) is 0 Å². The summed E-state index contributed by atoms with van der Waals surface area (Å²) in [6.45, 7) is 1.49. The van der Waals surface area contributed by atoms with E-state index < -0.39 is 27.1 Å². The molecule has 1 aliphatic rings. The maximum Gasteiger partial charge on any atom is 0.239 e. The summed E-state index contributed by atoms with van der Waals surface area (Å²) >= 11 is 3.13. The molecular weight excluding hydrogens is 339 g/mol. The number of aromatic nitrogens is 1. The first kappa shape index (κ1) is 14.2. The molecule has 6 nitrogen and oxygen atoms in total. The first-order chi connectivity index (χ1) is 8.66. The third-order valence-corrected chi connectivity index (χ3v) is 5.28. The molecule has 2 rings (SSSR count). The lowest BCUT2D eigenvalue weighted by Gasteiger charge is -2.33. The zero-order valence-electron chi connectivity index (χ0n) is 10.3. The lowest BCUT2D eigenvalue weighted by atomic mass is 10.00. The molecule has 0 saturated carbocycles. The molecule has 0 fully saturated rings. The predicted molar refractivity (Wildman–Crippen MR) is 72.4 cm³/mol. The van der Waals surface area contributed by atoms with Crippen LogP contribution in [0.5, 0.6) is 0 Å². The Labute approximate surface area is 118 Å². The molecule has 1 atom stereocenters. The van der Waals surface area contributed by atoms with Gasteiger partial charge >= 0.3 is 0 Å². The smallest absolute Gasteiger partial charge is 0.239 e. The number of pyridine rings is 1. The normalized spacial score (nSPS) is 26.1. The van der Waals surface area contributed by atoms with Crippen molar-refractivity contribution < 1.29 is 12.8 Å². The maximum absolute atomic E-state index is 13.9. The molecule has 19 heavy (non-hydrogen) atoms. The molecular formula is C10H12BrFN4O2S. The monoisotopic (exact) mass is 350 g/mol. The number of rotatable bonds is 1. The Hall–Kier alpha value is -1.22. The van der Waals surface area contributed by atoms with Crippen LogP contribution in [0.1, 0.15) is 12.6 Å². The Bertz CT molecular complexity index is 663. The van der Waals surface area contributed by atoms with Crippen molar-refractivity contribution in [2.45, 2.75) is 12.5 Å². The number of aliphatic imine (C=N–C) groups is 1. The Morgan fingerprint density at radius 1 is 1.53 bits per heavy atom. The van der Waals surface area contributed by atoms with Crippen LogP contribution in [0.2, 0.25) is 0 Å². The van der Waals surface area contributed by atoms with Gasteiger partial charge in [0.1, 0.15) is 27.4 Å². The number of hydrogen-bond acceptors (Lipinski definition) is 5. The van der Waals surface area contributed by atoms with Crippen molar-refractivity contribution in [3.05, 3.63) is 28.2 Å². The van der Waals surface area contributed by atoms with Gasteiger partial charge in [0.05, 0.1) is 0 Å². The molecule has 0 unspecified atom stereocenters. The number of halogens is 2. The molecule has 0 aromatic carbocycles. The van der Waals surface area contributed by atoms with Crippen molar-refractivity contribution in [3.63, 3.8) is 0 Å². The van der Waals surface area contributed by atoms with Crippen LogP contribution >= 0.6 is 15.9 Å². The molecule has 2 N–H and O–H groups in total. The van der Waals surface area contributed by atoms with Crippen LogP contribution in [-0.2, 0) is 15.6 Å². The number of hydrogen-bond donors (Lipinski definition) is 1. The Morgan fingerprint density at radius 3 is 2.74 bits per heavy atom. The van der Waals surface area contributed by atoms with Gasteiger partial charge in [-0.25, -0.2) is 27.1 Å². The minimum absolute atomic E-state index is 0.0542. The standard InChI is InChI=1S/C10H12BrFN4O2S/c1-10(8-6(12)3-4-7(11)14-8)5-19(17,18)16(2)9(13)15-10/h3-4H,5H2,1-2H3,(H2,13,15)/t10-/m0/s1. The van der Waals surface area contributed by atoms with Crippen LogP contribution in [0, 0.1) is 5.82 Å². The Balaban J connectivity index is 2.64. The van der Waals surface area contributed by atoms with Crippen LogP contribution < -0.4 is 5.73 Å². The number of nitrogens with two attached hydrogens (primary N) is 1. The van der Waals surface area contributed by atoms with E-state index in [0.29, 0.717) is 4.60 Å². The average Bonchev–Trinajstić information content (AvgIpc) is 2.28. The van der Waals surface area contributed by atoms with E-state index in [0.717, 1.165) is 4.31 Å². The van der Waals surface area contributed by atoms with Crippen molar-refractivity contribution in [2.75, 3.05) is 12.8 Å². The molecule has 1 aromatic heterocycles. The highest BCUT2D eigenvalue weighted by Crippen LogP contribution is 2.32. The summed E-state index contributed by atoms with van der Waals surface area (Å²) in [7, 11) is -2.34. The third kappa shape index (κ3) is 2.44. The van der Waals surface area contributed by atoms with Gasteiger partial charge in [-0.3, -0.25) is 0 Å². The molecule has 104 valence electrons. The van der Waals surface area contributed by atoms with E-state index in [1.807, 2.05) is 0 Å². The van der Waals surface area contributed by atoms with Crippen molar-refractivity contribution in [1.82, 2.24) is 9.29 Å². The van der Waals surface area contributed by atoms with E-state index in [9.17, 15) is 12.8 Å². The van der Waals surface area contributed by atoms with E-state index in [-0.39, 0.29) is 11.7 Å². The minimum Gasteiger partial charge on any atom is -0.369 e. The Morgan fingerprint density at radius 2 is 2.16 bits per heavy atom. The zero-order chi connectivity index (χ0) is 14.4. The molecule has 0 spiro atoms. The SMILES string of the molecule is CN1C(N)=N[C@](C)(c2nc(Br)ccc2F)CS1(=O)=O. The van der Waals surface area contributed by atoms with Crippen molar-refractivity contribution in [1.29, 1.82) is 0 Å². The van der Waals surface area contributed by atoms with Gasteiger partial charge in [0.2, 0.25) is 16.0 Å². The largest absolute Gasteiger partial charge is 0.369 e. The third-order valence-electron chi connectivity index (χ3n) is 2.89. The van der Waals surface area contributed by atoms with Gasteiger partial charge in [-0.2, -0.15) is 0 Å². The van der Waals surface area contributed by atoms with Gasteiger partial charge in [-0.05, 0) is 35.0 Å². The molecule has 0 aliphatic carbocycles. The molecule has 0 saturated heterocycles. The van der Waals surface area contributed by atoms with Gasteiger partial charge in [0, 0.05) is 7.05 Å².